The van der Waals surface area contributed by atoms with Gasteiger partial charge < -0.3 is 10.2 Å². The highest BCUT2D eigenvalue weighted by molar-refractivity contribution is 5.19. The summed E-state index contributed by atoms with van der Waals surface area (Å²) in [5, 5.41) is 0. The second-order valence-corrected chi connectivity index (χ2v) is 2.77. The van der Waals surface area contributed by atoms with E-state index in [9.17, 15) is 4.79 Å². The van der Waals surface area contributed by atoms with E-state index in [2.05, 4.69) is 4.98 Å². The molecule has 2 aromatic heterocycles. The first-order valence-corrected chi connectivity index (χ1v) is 4.12. The highest BCUT2D eigenvalue weighted by Gasteiger charge is 2.02. The molecule has 72 valence electrons. The van der Waals surface area contributed by atoms with Crippen molar-refractivity contribution in [3.8, 4) is 5.88 Å². The van der Waals surface area contributed by atoms with Crippen LogP contribution in [0.3, 0.4) is 0 Å². The van der Waals surface area contributed by atoms with Crippen LogP contribution in [0.4, 0.5) is 0 Å². The molecule has 0 aliphatic rings. The van der Waals surface area contributed by atoms with Crippen LogP contribution in [0, 0.1) is 0 Å². The van der Waals surface area contributed by atoms with Crippen LogP contribution in [0.15, 0.2) is 40.1 Å². The maximum atomic E-state index is 11.1. The van der Waals surface area contributed by atoms with Crippen molar-refractivity contribution in [3.63, 3.8) is 0 Å². The molecule has 2 aromatic rings. The zero-order chi connectivity index (χ0) is 9.97. The Morgan fingerprint density at radius 1 is 1.57 bits per heavy atom. The molecule has 0 fully saturated rings. The highest BCUT2D eigenvalue weighted by atomic mass is 16.3. The van der Waals surface area contributed by atoms with Crippen molar-refractivity contribution in [2.24, 2.45) is 5.73 Å². The first-order chi connectivity index (χ1) is 6.81. The molecule has 14 heavy (non-hydrogen) atoms. The summed E-state index contributed by atoms with van der Waals surface area (Å²) in [6.45, 7) is 0.174. The minimum absolute atomic E-state index is 0.174. The van der Waals surface area contributed by atoms with Gasteiger partial charge in [0, 0.05) is 24.4 Å². The van der Waals surface area contributed by atoms with Crippen molar-refractivity contribution in [1.29, 1.82) is 0 Å². The normalized spacial score (nSPS) is 10.4. The van der Waals surface area contributed by atoms with Crippen molar-refractivity contribution >= 4 is 0 Å². The van der Waals surface area contributed by atoms with Gasteiger partial charge in [0.2, 0.25) is 5.88 Å². The smallest absolute Gasteiger partial charge is 0.277 e. The number of nitrogens with two attached hydrogens (primary N) is 1. The molecule has 0 aliphatic carbocycles. The molecule has 5 nitrogen and oxygen atoms in total. The van der Waals surface area contributed by atoms with E-state index in [1.807, 2.05) is 0 Å². The third-order valence-electron chi connectivity index (χ3n) is 1.85. The molecule has 2 heterocycles. The molecule has 0 radical (unpaired) electrons. The third kappa shape index (κ3) is 1.45. The van der Waals surface area contributed by atoms with E-state index in [1.165, 1.54) is 6.33 Å². The van der Waals surface area contributed by atoms with E-state index < -0.39 is 0 Å². The third-order valence-corrected chi connectivity index (χ3v) is 1.85. The van der Waals surface area contributed by atoms with Gasteiger partial charge in [0.05, 0.1) is 6.26 Å². The Balaban J connectivity index is 2.51. The Bertz CT molecular complexity index is 473. The van der Waals surface area contributed by atoms with E-state index in [4.69, 9.17) is 10.2 Å². The summed E-state index contributed by atoms with van der Waals surface area (Å²) in [4.78, 5) is 14.8. The molecule has 0 bridgehead atoms. The fourth-order valence-corrected chi connectivity index (χ4v) is 1.13. The number of nitrogens with zero attached hydrogens (tertiary/aromatic N) is 2. The summed E-state index contributed by atoms with van der Waals surface area (Å²) in [7, 11) is 0. The maximum Gasteiger partial charge on any atom is 0.277 e. The Morgan fingerprint density at radius 2 is 2.43 bits per heavy atom. The van der Waals surface area contributed by atoms with Crippen molar-refractivity contribution in [2.75, 3.05) is 0 Å². The monoisotopic (exact) mass is 191 g/mol. The zero-order valence-electron chi connectivity index (χ0n) is 7.38. The first kappa shape index (κ1) is 8.71. The Labute approximate surface area is 79.8 Å². The van der Waals surface area contributed by atoms with Crippen molar-refractivity contribution in [2.45, 2.75) is 6.54 Å². The predicted octanol–water partition coefficient (Wildman–Crippen LogP) is 0.284. The van der Waals surface area contributed by atoms with Gasteiger partial charge in [-0.2, -0.15) is 4.98 Å². The van der Waals surface area contributed by atoms with Crippen molar-refractivity contribution < 1.29 is 4.42 Å². The molecule has 0 unspecified atom stereocenters. The summed E-state index contributed by atoms with van der Waals surface area (Å²) < 4.78 is 6.75. The topological polar surface area (TPSA) is 74.1 Å². The lowest BCUT2D eigenvalue weighted by atomic mass is 10.3. The lowest BCUT2D eigenvalue weighted by Crippen LogP contribution is -2.18. The van der Waals surface area contributed by atoms with Crippen molar-refractivity contribution in [1.82, 2.24) is 9.55 Å². The molecule has 2 N–H and O–H groups in total. The van der Waals surface area contributed by atoms with Crippen LogP contribution < -0.4 is 11.3 Å². The van der Waals surface area contributed by atoms with Gasteiger partial charge in [-0.05, 0) is 6.07 Å². The Hall–Kier alpha value is -1.88. The summed E-state index contributed by atoms with van der Waals surface area (Å²) in [6, 6.07) is 3.53. The predicted molar refractivity (Wildman–Crippen MR) is 50.0 cm³/mol. The molecule has 0 saturated heterocycles. The lowest BCUT2D eigenvalue weighted by Gasteiger charge is -2.02. The Morgan fingerprint density at radius 3 is 3.07 bits per heavy atom. The van der Waals surface area contributed by atoms with Gasteiger partial charge in [0.25, 0.3) is 5.56 Å². The van der Waals surface area contributed by atoms with Crippen LogP contribution in [0.2, 0.25) is 0 Å². The first-order valence-electron chi connectivity index (χ1n) is 4.12. The van der Waals surface area contributed by atoms with Crippen molar-refractivity contribution in [3.05, 3.63) is 46.8 Å². The van der Waals surface area contributed by atoms with Crippen LogP contribution >= 0.6 is 0 Å². The number of furan rings is 1. The molecule has 5 heteroatoms. The second kappa shape index (κ2) is 3.47. The molecule has 0 saturated carbocycles. The molecular weight excluding hydrogens is 182 g/mol. The summed E-state index contributed by atoms with van der Waals surface area (Å²) in [5.74, 6) is 0.604. The maximum absolute atomic E-state index is 11.1. The number of rotatable bonds is 2. The molecule has 0 amide bonds. The molecule has 0 aliphatic heterocycles. The summed E-state index contributed by atoms with van der Waals surface area (Å²) >= 11 is 0. The van der Waals surface area contributed by atoms with E-state index in [-0.39, 0.29) is 12.1 Å². The van der Waals surface area contributed by atoms with E-state index in [1.54, 1.807) is 29.2 Å². The second-order valence-electron chi connectivity index (χ2n) is 2.77. The average Bonchev–Trinajstić information content (AvgIpc) is 2.71. The number of hydrogen-bond donors (Lipinski definition) is 1. The van der Waals surface area contributed by atoms with Gasteiger partial charge in [-0.15, -0.1) is 0 Å². The van der Waals surface area contributed by atoms with Crippen LogP contribution in [0.1, 0.15) is 5.56 Å². The van der Waals surface area contributed by atoms with Gasteiger partial charge in [-0.3, -0.25) is 9.36 Å². The molecular formula is C9H9N3O2. The minimum Gasteiger partial charge on any atom is -0.448 e. The van der Waals surface area contributed by atoms with Gasteiger partial charge in [0.1, 0.15) is 6.33 Å². The minimum atomic E-state index is -0.296. The molecule has 0 atom stereocenters. The van der Waals surface area contributed by atoms with Crippen LogP contribution in [-0.4, -0.2) is 9.55 Å². The molecule has 0 spiro atoms. The molecule has 0 aromatic carbocycles. The van der Waals surface area contributed by atoms with Gasteiger partial charge in [-0.25, -0.2) is 0 Å². The fraction of sp³-hybridized carbons (Fsp3) is 0.111. The average molecular weight is 191 g/mol. The van der Waals surface area contributed by atoms with Gasteiger partial charge in [0.15, 0.2) is 0 Å². The van der Waals surface area contributed by atoms with Crippen LogP contribution in [0.5, 0.6) is 0 Å². The van der Waals surface area contributed by atoms with Crippen LogP contribution in [0.25, 0.3) is 5.88 Å². The Kier molecular flexibility index (Phi) is 2.16. The van der Waals surface area contributed by atoms with E-state index >= 15 is 0 Å². The number of aromatic nitrogens is 2. The van der Waals surface area contributed by atoms with Gasteiger partial charge in [-0.1, -0.05) is 0 Å². The summed E-state index contributed by atoms with van der Waals surface area (Å²) in [6.07, 6.45) is 4.57. The highest BCUT2D eigenvalue weighted by Crippen LogP contribution is 2.06. The fourth-order valence-electron chi connectivity index (χ4n) is 1.13. The SMILES string of the molecule is NCc1cn(-c2ccco2)cnc1=O. The largest absolute Gasteiger partial charge is 0.448 e. The van der Waals surface area contributed by atoms with E-state index in [0.29, 0.717) is 11.4 Å². The standard InChI is InChI=1S/C9H9N3O2/c10-4-7-5-12(6-11-9(7)13)8-2-1-3-14-8/h1-3,5-6H,4,10H2. The molecule has 2 rings (SSSR count). The number of hydrogen-bond acceptors (Lipinski definition) is 4. The quantitative estimate of drug-likeness (QED) is 0.740. The lowest BCUT2D eigenvalue weighted by molar-refractivity contribution is 0.534. The zero-order valence-corrected chi connectivity index (χ0v) is 7.38. The van der Waals surface area contributed by atoms with E-state index in [0.717, 1.165) is 0 Å². The van der Waals surface area contributed by atoms with Gasteiger partial charge >= 0.3 is 0 Å². The summed E-state index contributed by atoms with van der Waals surface area (Å²) in [5.41, 5.74) is 5.55. The van der Waals surface area contributed by atoms with Crippen LogP contribution in [-0.2, 0) is 6.54 Å².